The molecule has 1 aromatic carbocycles. The summed E-state index contributed by atoms with van der Waals surface area (Å²) in [7, 11) is 0. The van der Waals surface area contributed by atoms with Crippen molar-refractivity contribution in [3.63, 3.8) is 0 Å². The molecule has 0 bridgehead atoms. The van der Waals surface area contributed by atoms with Gasteiger partial charge in [0.25, 0.3) is 0 Å². The number of para-hydroxylation sites is 1. The van der Waals surface area contributed by atoms with Crippen LogP contribution in [0.15, 0.2) is 60.4 Å². The van der Waals surface area contributed by atoms with Crippen LogP contribution in [-0.4, -0.2) is 20.4 Å². The van der Waals surface area contributed by atoms with Crippen molar-refractivity contribution in [1.29, 1.82) is 0 Å². The molecule has 1 amide bonds. The number of benzene rings is 1. The molecule has 3 aromatic heterocycles. The largest absolute Gasteiger partial charge is 0.345 e. The fraction of sp³-hybridized carbons (Fsp3) is 0.190. The van der Waals surface area contributed by atoms with Crippen molar-refractivity contribution in [3.05, 3.63) is 65.9 Å². The van der Waals surface area contributed by atoms with Crippen molar-refractivity contribution in [2.24, 2.45) is 0 Å². The van der Waals surface area contributed by atoms with Crippen LogP contribution in [0.1, 0.15) is 25.5 Å². The second-order valence-corrected chi connectivity index (χ2v) is 7.53. The number of carbonyl (C=O) groups is 1. The highest BCUT2D eigenvalue weighted by Gasteiger charge is 2.14. The number of hydrogen-bond donors (Lipinski definition) is 1. The molecule has 0 aliphatic rings. The van der Waals surface area contributed by atoms with Crippen molar-refractivity contribution in [3.8, 4) is 11.3 Å². The van der Waals surface area contributed by atoms with Crippen molar-refractivity contribution in [2.75, 3.05) is 5.32 Å². The monoisotopic (exact) mass is 376 g/mol. The van der Waals surface area contributed by atoms with Crippen molar-refractivity contribution in [2.45, 2.75) is 26.3 Å². The Morgan fingerprint density at radius 2 is 1.96 bits per heavy atom. The number of nitrogens with zero attached hydrogens (tertiary/aromatic N) is 3. The average Bonchev–Trinajstić information content (AvgIpc) is 3.28. The first kappa shape index (κ1) is 17.4. The summed E-state index contributed by atoms with van der Waals surface area (Å²) in [6, 6.07) is 12.4. The summed E-state index contributed by atoms with van der Waals surface area (Å²) in [4.78, 5) is 21.1. The standard InChI is InChI=1S/C21H20N4OS/c1-14(2)25-12-16(17-5-3-4-6-19(17)25)11-20(26)24-21-23-18(13-27-21)15-7-9-22-10-8-15/h3-10,12-14H,11H2,1-2H3,(H,23,24,26). The van der Waals surface area contributed by atoms with Gasteiger partial charge in [0.1, 0.15) is 0 Å². The van der Waals surface area contributed by atoms with Gasteiger partial charge < -0.3 is 9.88 Å². The minimum Gasteiger partial charge on any atom is -0.345 e. The van der Waals surface area contributed by atoms with Crippen LogP contribution < -0.4 is 5.32 Å². The Balaban J connectivity index is 1.52. The first-order valence-corrected chi connectivity index (χ1v) is 9.74. The van der Waals surface area contributed by atoms with E-state index in [2.05, 4.69) is 52.0 Å². The third kappa shape index (κ3) is 3.61. The maximum absolute atomic E-state index is 12.6. The number of nitrogens with one attached hydrogen (secondary N) is 1. The molecule has 3 heterocycles. The van der Waals surface area contributed by atoms with Gasteiger partial charge in [-0.1, -0.05) is 18.2 Å². The Morgan fingerprint density at radius 1 is 1.19 bits per heavy atom. The molecule has 136 valence electrons. The average molecular weight is 376 g/mol. The van der Waals surface area contributed by atoms with Crippen molar-refractivity contribution >= 4 is 33.3 Å². The van der Waals surface area contributed by atoms with Gasteiger partial charge in [0, 0.05) is 46.5 Å². The molecule has 0 aliphatic carbocycles. The molecule has 0 saturated carbocycles. The molecule has 4 rings (SSSR count). The van der Waals surface area contributed by atoms with E-state index < -0.39 is 0 Å². The number of hydrogen-bond acceptors (Lipinski definition) is 4. The zero-order valence-corrected chi connectivity index (χ0v) is 16.0. The minimum absolute atomic E-state index is 0.0581. The number of aromatic nitrogens is 3. The smallest absolute Gasteiger partial charge is 0.230 e. The topological polar surface area (TPSA) is 59.8 Å². The van der Waals surface area contributed by atoms with Gasteiger partial charge in [-0.3, -0.25) is 9.78 Å². The van der Waals surface area contributed by atoms with Crippen LogP contribution in [0, 0.1) is 0 Å². The van der Waals surface area contributed by atoms with Crippen LogP contribution >= 0.6 is 11.3 Å². The number of amides is 1. The summed E-state index contributed by atoms with van der Waals surface area (Å²) in [5.74, 6) is -0.0581. The molecule has 0 aliphatic heterocycles. The highest BCUT2D eigenvalue weighted by Crippen LogP contribution is 2.27. The van der Waals surface area contributed by atoms with Crippen molar-refractivity contribution < 1.29 is 4.79 Å². The Labute approximate surface area is 161 Å². The third-order valence-corrected chi connectivity index (χ3v) is 5.21. The number of rotatable bonds is 5. The lowest BCUT2D eigenvalue weighted by Crippen LogP contribution is -2.14. The van der Waals surface area contributed by atoms with Gasteiger partial charge in [-0.15, -0.1) is 11.3 Å². The molecule has 0 saturated heterocycles. The zero-order valence-electron chi connectivity index (χ0n) is 15.2. The lowest BCUT2D eigenvalue weighted by atomic mass is 10.1. The van der Waals surface area contributed by atoms with Crippen LogP contribution in [0.25, 0.3) is 22.2 Å². The van der Waals surface area contributed by atoms with Gasteiger partial charge in [0.15, 0.2) is 5.13 Å². The molecule has 1 N–H and O–H groups in total. The van der Waals surface area contributed by atoms with E-state index in [-0.39, 0.29) is 5.91 Å². The first-order chi connectivity index (χ1) is 13.1. The molecule has 0 radical (unpaired) electrons. The van der Waals surface area contributed by atoms with Gasteiger partial charge in [0.05, 0.1) is 12.1 Å². The maximum Gasteiger partial charge on any atom is 0.230 e. The van der Waals surface area contributed by atoms with Gasteiger partial charge in [0.2, 0.25) is 5.91 Å². The molecule has 0 fully saturated rings. The van der Waals surface area contributed by atoms with Crippen LogP contribution in [0.4, 0.5) is 5.13 Å². The molecule has 0 spiro atoms. The van der Waals surface area contributed by atoms with E-state index in [1.54, 1.807) is 12.4 Å². The summed E-state index contributed by atoms with van der Waals surface area (Å²) < 4.78 is 2.21. The number of thiazole rings is 1. The minimum atomic E-state index is -0.0581. The molecule has 0 unspecified atom stereocenters. The summed E-state index contributed by atoms with van der Waals surface area (Å²) >= 11 is 1.43. The highest BCUT2D eigenvalue weighted by molar-refractivity contribution is 7.14. The van der Waals surface area contributed by atoms with Gasteiger partial charge in [-0.05, 0) is 37.6 Å². The van der Waals surface area contributed by atoms with Crippen molar-refractivity contribution in [1.82, 2.24) is 14.5 Å². The van der Waals surface area contributed by atoms with E-state index in [0.29, 0.717) is 17.6 Å². The van der Waals surface area contributed by atoms with Crippen LogP contribution in [-0.2, 0) is 11.2 Å². The molecule has 0 atom stereocenters. The summed E-state index contributed by atoms with van der Waals surface area (Å²) in [5.41, 5.74) is 4.02. The van der Waals surface area contributed by atoms with E-state index in [1.165, 1.54) is 11.3 Å². The SMILES string of the molecule is CC(C)n1cc(CC(=O)Nc2nc(-c3ccncc3)cs2)c2ccccc21. The van der Waals surface area contributed by atoms with E-state index in [1.807, 2.05) is 29.6 Å². The predicted molar refractivity (Wildman–Crippen MR) is 110 cm³/mol. The summed E-state index contributed by atoms with van der Waals surface area (Å²) in [6.07, 6.45) is 5.87. The normalized spacial score (nSPS) is 11.2. The summed E-state index contributed by atoms with van der Waals surface area (Å²) in [6.45, 7) is 4.29. The van der Waals surface area contributed by atoms with Crippen LogP contribution in [0.5, 0.6) is 0 Å². The maximum atomic E-state index is 12.6. The fourth-order valence-electron chi connectivity index (χ4n) is 3.17. The summed E-state index contributed by atoms with van der Waals surface area (Å²) in [5, 5.41) is 6.60. The van der Waals surface area contributed by atoms with E-state index in [4.69, 9.17) is 0 Å². The Bertz CT molecular complexity index is 1080. The number of fused-ring (bicyclic) bond motifs is 1. The number of anilines is 1. The molecule has 6 heteroatoms. The Kier molecular flexibility index (Phi) is 4.73. The lowest BCUT2D eigenvalue weighted by molar-refractivity contribution is -0.115. The van der Waals surface area contributed by atoms with Gasteiger partial charge >= 0.3 is 0 Å². The van der Waals surface area contributed by atoms with Gasteiger partial charge in [-0.2, -0.15) is 0 Å². The first-order valence-electron chi connectivity index (χ1n) is 8.86. The van der Waals surface area contributed by atoms with Crippen LogP contribution in [0.2, 0.25) is 0 Å². The Hall–Kier alpha value is -2.99. The van der Waals surface area contributed by atoms with Crippen LogP contribution in [0.3, 0.4) is 0 Å². The zero-order chi connectivity index (χ0) is 18.8. The van der Waals surface area contributed by atoms with E-state index in [9.17, 15) is 4.79 Å². The quantitative estimate of drug-likeness (QED) is 0.538. The molecular weight excluding hydrogens is 356 g/mol. The molecule has 5 nitrogen and oxygen atoms in total. The third-order valence-electron chi connectivity index (χ3n) is 4.46. The van der Waals surface area contributed by atoms with E-state index in [0.717, 1.165) is 27.7 Å². The predicted octanol–water partition coefficient (Wildman–Crippen LogP) is 4.92. The highest BCUT2D eigenvalue weighted by atomic mass is 32.1. The Morgan fingerprint density at radius 3 is 2.74 bits per heavy atom. The molecule has 4 aromatic rings. The fourth-order valence-corrected chi connectivity index (χ4v) is 3.90. The number of pyridine rings is 1. The molecular formula is C21H20N4OS. The second-order valence-electron chi connectivity index (χ2n) is 6.67. The molecule has 27 heavy (non-hydrogen) atoms. The second kappa shape index (κ2) is 7.32. The van der Waals surface area contributed by atoms with Gasteiger partial charge in [-0.25, -0.2) is 4.98 Å². The lowest BCUT2D eigenvalue weighted by Gasteiger charge is -2.08. The van der Waals surface area contributed by atoms with E-state index >= 15 is 0 Å². The number of carbonyl (C=O) groups excluding carboxylic acids is 1.